The fourth-order valence-electron chi connectivity index (χ4n) is 4.54. The molecule has 0 saturated heterocycles. The number of benzene rings is 1. The number of aliphatic carboxylic acids is 1. The topological polar surface area (TPSA) is 115 Å². The van der Waals surface area contributed by atoms with Gasteiger partial charge in [0.05, 0.1) is 12.2 Å². The average molecular weight is 441 g/mol. The molecule has 6 nitrogen and oxygen atoms in total. The highest BCUT2D eigenvalue weighted by molar-refractivity contribution is 6.31. The number of unbranched alkanes of at least 4 members (excludes halogenated alkanes) is 3. The van der Waals surface area contributed by atoms with Crippen molar-refractivity contribution in [3.05, 3.63) is 34.3 Å². The second kappa shape index (κ2) is 11.8. The summed E-state index contributed by atoms with van der Waals surface area (Å²) in [6, 6.07) is 4.98. The van der Waals surface area contributed by atoms with Gasteiger partial charge >= 0.3 is 5.97 Å². The molecule has 1 aliphatic carbocycles. The molecular weight excluding hydrogens is 408 g/mol. The van der Waals surface area contributed by atoms with Gasteiger partial charge in [-0.2, -0.15) is 0 Å². The zero-order chi connectivity index (χ0) is 22.3. The first kappa shape index (κ1) is 24.8. The third kappa shape index (κ3) is 7.34. The van der Waals surface area contributed by atoms with E-state index >= 15 is 0 Å². The van der Waals surface area contributed by atoms with Crippen LogP contribution in [-0.2, 0) is 4.79 Å². The van der Waals surface area contributed by atoms with Gasteiger partial charge in [0.1, 0.15) is 6.10 Å². The molecule has 5 atom stereocenters. The van der Waals surface area contributed by atoms with Crippen LogP contribution in [0.25, 0.3) is 0 Å². The van der Waals surface area contributed by atoms with Gasteiger partial charge in [-0.15, -0.1) is 0 Å². The average Bonchev–Trinajstić information content (AvgIpc) is 2.93. The van der Waals surface area contributed by atoms with Crippen molar-refractivity contribution in [2.45, 2.75) is 83.0 Å². The van der Waals surface area contributed by atoms with Crippen molar-refractivity contribution in [3.8, 4) is 0 Å². The highest BCUT2D eigenvalue weighted by atomic mass is 35.5. The Morgan fingerprint density at radius 3 is 2.30 bits per heavy atom. The van der Waals surface area contributed by atoms with Crippen LogP contribution in [0.5, 0.6) is 0 Å². The number of carboxylic acids is 1. The maximum Gasteiger partial charge on any atom is 0.303 e. The number of aryl methyl sites for hydroxylation is 1. The highest BCUT2D eigenvalue weighted by Crippen LogP contribution is 2.39. The van der Waals surface area contributed by atoms with Gasteiger partial charge in [-0.1, -0.05) is 30.9 Å². The smallest absolute Gasteiger partial charge is 0.303 e. The summed E-state index contributed by atoms with van der Waals surface area (Å²) in [5.74, 6) is -1.41. The summed E-state index contributed by atoms with van der Waals surface area (Å²) >= 11 is 6.01. The van der Waals surface area contributed by atoms with Gasteiger partial charge in [-0.3, -0.25) is 9.59 Å². The third-order valence-corrected chi connectivity index (χ3v) is 6.32. The standard InChI is InChI=1S/C23H33ClO6/c1-14-10-15(12-16(24)11-14)23(30)19(25)9-8-18-17(20(26)13-21(18)27)6-4-2-3-5-7-22(28)29/h10-12,17-21,25-27H,2-9,13H2,1H3,(H,28,29)/t17-,18?,19?,20+,21-/m1/s1. The molecule has 4 N–H and O–H groups in total. The SMILES string of the molecule is Cc1cc(Cl)cc(C(=O)C(O)CCC2[C@H](O)C[C@H](O)[C@@H]2CCCCCCC(=O)O)c1. The lowest BCUT2D eigenvalue weighted by molar-refractivity contribution is -0.137. The van der Waals surface area contributed by atoms with Crippen LogP contribution in [-0.4, -0.2) is 50.5 Å². The van der Waals surface area contributed by atoms with Crippen molar-refractivity contribution in [3.63, 3.8) is 0 Å². The van der Waals surface area contributed by atoms with Crippen molar-refractivity contribution in [2.75, 3.05) is 0 Å². The van der Waals surface area contributed by atoms with E-state index in [1.165, 1.54) is 0 Å². The zero-order valence-corrected chi connectivity index (χ0v) is 18.2. The molecular formula is C23H33ClO6. The number of rotatable bonds is 12. The van der Waals surface area contributed by atoms with Crippen LogP contribution in [0, 0.1) is 18.8 Å². The number of halogens is 1. The Kier molecular flexibility index (Phi) is 9.75. The maximum atomic E-state index is 12.5. The number of aliphatic hydroxyl groups excluding tert-OH is 3. The Morgan fingerprint density at radius 2 is 1.67 bits per heavy atom. The molecule has 168 valence electrons. The van der Waals surface area contributed by atoms with Gasteiger partial charge in [0, 0.05) is 17.0 Å². The maximum absolute atomic E-state index is 12.5. The number of aliphatic hydroxyl groups is 3. The summed E-state index contributed by atoms with van der Waals surface area (Å²) in [5.41, 5.74) is 1.22. The van der Waals surface area contributed by atoms with Gasteiger partial charge in [0.25, 0.3) is 0 Å². The first-order chi connectivity index (χ1) is 14.2. The van der Waals surface area contributed by atoms with Crippen LogP contribution < -0.4 is 0 Å². The third-order valence-electron chi connectivity index (χ3n) is 6.10. The predicted molar refractivity (Wildman–Crippen MR) is 115 cm³/mol. The molecule has 1 aliphatic rings. The molecule has 1 aromatic rings. The van der Waals surface area contributed by atoms with Gasteiger partial charge in [-0.05, 0) is 74.6 Å². The lowest BCUT2D eigenvalue weighted by Gasteiger charge is -2.24. The fourth-order valence-corrected chi connectivity index (χ4v) is 4.83. The number of hydrogen-bond donors (Lipinski definition) is 4. The molecule has 0 radical (unpaired) electrons. The number of carbonyl (C=O) groups excluding carboxylic acids is 1. The first-order valence-electron chi connectivity index (χ1n) is 10.8. The molecule has 1 saturated carbocycles. The van der Waals surface area contributed by atoms with Crippen LogP contribution in [0.1, 0.15) is 73.7 Å². The molecule has 2 unspecified atom stereocenters. The molecule has 0 heterocycles. The summed E-state index contributed by atoms with van der Waals surface area (Å²) in [4.78, 5) is 23.1. The quantitative estimate of drug-likeness (QED) is 0.290. The van der Waals surface area contributed by atoms with Crippen LogP contribution >= 0.6 is 11.6 Å². The number of Topliss-reactive ketones (excluding diaryl/α,β-unsaturated/α-hetero) is 1. The van der Waals surface area contributed by atoms with E-state index in [0.717, 1.165) is 31.2 Å². The molecule has 0 bridgehead atoms. The lowest BCUT2D eigenvalue weighted by atomic mass is 9.84. The molecule has 2 rings (SSSR count). The Hall–Kier alpha value is -1.47. The van der Waals surface area contributed by atoms with Gasteiger partial charge in [0.2, 0.25) is 0 Å². The number of carbonyl (C=O) groups is 2. The molecule has 0 amide bonds. The van der Waals surface area contributed by atoms with E-state index in [4.69, 9.17) is 16.7 Å². The molecule has 0 aromatic heterocycles. The van der Waals surface area contributed by atoms with Crippen molar-refractivity contribution >= 4 is 23.4 Å². The van der Waals surface area contributed by atoms with Crippen LogP contribution in [0.2, 0.25) is 5.02 Å². The summed E-state index contributed by atoms with van der Waals surface area (Å²) in [6.07, 6.45) is 2.69. The van der Waals surface area contributed by atoms with Crippen LogP contribution in [0.4, 0.5) is 0 Å². The van der Waals surface area contributed by atoms with E-state index in [9.17, 15) is 24.9 Å². The minimum absolute atomic E-state index is 0.0739. The number of ketones is 1. The number of carboxylic acid groups (broad SMARTS) is 1. The van der Waals surface area contributed by atoms with E-state index in [1.807, 2.05) is 6.92 Å². The van der Waals surface area contributed by atoms with Crippen molar-refractivity contribution in [1.82, 2.24) is 0 Å². The second-order valence-corrected chi connectivity index (χ2v) is 8.96. The molecule has 0 spiro atoms. The van der Waals surface area contributed by atoms with E-state index in [2.05, 4.69) is 0 Å². The van der Waals surface area contributed by atoms with E-state index < -0.39 is 24.3 Å². The molecule has 30 heavy (non-hydrogen) atoms. The number of hydrogen-bond acceptors (Lipinski definition) is 5. The van der Waals surface area contributed by atoms with E-state index in [-0.39, 0.29) is 30.5 Å². The molecule has 1 fully saturated rings. The summed E-state index contributed by atoms with van der Waals surface area (Å²) < 4.78 is 0. The Morgan fingerprint density at radius 1 is 1.03 bits per heavy atom. The van der Waals surface area contributed by atoms with Crippen molar-refractivity contribution < 1.29 is 30.0 Å². The van der Waals surface area contributed by atoms with Crippen molar-refractivity contribution in [2.24, 2.45) is 11.8 Å². The van der Waals surface area contributed by atoms with Gasteiger partial charge < -0.3 is 20.4 Å². The van der Waals surface area contributed by atoms with E-state index in [0.29, 0.717) is 29.8 Å². The first-order valence-corrected chi connectivity index (χ1v) is 11.1. The second-order valence-electron chi connectivity index (χ2n) is 8.52. The van der Waals surface area contributed by atoms with Gasteiger partial charge in [0.15, 0.2) is 5.78 Å². The Bertz CT molecular complexity index is 701. The summed E-state index contributed by atoms with van der Waals surface area (Å²) in [6.45, 7) is 1.83. The highest BCUT2D eigenvalue weighted by Gasteiger charge is 2.41. The van der Waals surface area contributed by atoms with E-state index in [1.54, 1.807) is 18.2 Å². The minimum atomic E-state index is -1.18. The normalized spacial score (nSPS) is 24.7. The Balaban J connectivity index is 1.85. The fraction of sp³-hybridized carbons (Fsp3) is 0.652. The minimum Gasteiger partial charge on any atom is -0.481 e. The van der Waals surface area contributed by atoms with Crippen LogP contribution in [0.3, 0.4) is 0 Å². The molecule has 7 heteroatoms. The lowest BCUT2D eigenvalue weighted by Crippen LogP contribution is -2.26. The zero-order valence-electron chi connectivity index (χ0n) is 17.5. The summed E-state index contributed by atoms with van der Waals surface area (Å²) in [5, 5.41) is 40.2. The van der Waals surface area contributed by atoms with Crippen molar-refractivity contribution in [1.29, 1.82) is 0 Å². The predicted octanol–water partition coefficient (Wildman–Crippen LogP) is 3.76. The summed E-state index contributed by atoms with van der Waals surface area (Å²) in [7, 11) is 0. The molecule has 0 aliphatic heterocycles. The van der Waals surface area contributed by atoms with Gasteiger partial charge in [-0.25, -0.2) is 0 Å². The largest absolute Gasteiger partial charge is 0.481 e. The van der Waals surface area contributed by atoms with Crippen LogP contribution in [0.15, 0.2) is 18.2 Å². The Labute approximate surface area is 182 Å². The monoisotopic (exact) mass is 440 g/mol. The molecule has 1 aromatic carbocycles.